The van der Waals surface area contributed by atoms with Crippen LogP contribution in [-0.4, -0.2) is 55.9 Å². The van der Waals surface area contributed by atoms with Crippen molar-refractivity contribution in [2.75, 3.05) is 19.6 Å². The SMILES string of the molecule is Cn1nccc1C(=O)N1CCC(C(=O)NCC2CC2)(n2cccn2)CC1. The lowest BCUT2D eigenvalue weighted by Gasteiger charge is -2.40. The second-order valence-corrected chi connectivity index (χ2v) is 7.27. The molecule has 0 aromatic carbocycles. The number of nitrogens with one attached hydrogen (secondary N) is 1. The van der Waals surface area contributed by atoms with Gasteiger partial charge in [0.05, 0.1) is 0 Å². The molecule has 2 amide bonds. The van der Waals surface area contributed by atoms with E-state index in [0.717, 1.165) is 6.54 Å². The Bertz CT molecular complexity index is 784. The van der Waals surface area contributed by atoms with E-state index in [-0.39, 0.29) is 11.8 Å². The average molecular weight is 356 g/mol. The van der Waals surface area contributed by atoms with Crippen molar-refractivity contribution < 1.29 is 9.59 Å². The number of carbonyl (C=O) groups is 2. The van der Waals surface area contributed by atoms with E-state index < -0.39 is 5.54 Å². The highest BCUT2D eigenvalue weighted by Gasteiger charge is 2.45. The Hall–Kier alpha value is -2.64. The number of nitrogens with zero attached hydrogens (tertiary/aromatic N) is 5. The summed E-state index contributed by atoms with van der Waals surface area (Å²) in [7, 11) is 1.76. The second kappa shape index (κ2) is 6.59. The van der Waals surface area contributed by atoms with Gasteiger partial charge in [-0.1, -0.05) is 0 Å². The van der Waals surface area contributed by atoms with Crippen molar-refractivity contribution >= 4 is 11.8 Å². The van der Waals surface area contributed by atoms with Crippen LogP contribution in [0, 0.1) is 5.92 Å². The first-order valence-electron chi connectivity index (χ1n) is 9.16. The van der Waals surface area contributed by atoms with Crippen LogP contribution in [0.4, 0.5) is 0 Å². The topological polar surface area (TPSA) is 85.0 Å². The van der Waals surface area contributed by atoms with E-state index in [9.17, 15) is 9.59 Å². The fraction of sp³-hybridized carbons (Fsp3) is 0.556. The molecule has 0 radical (unpaired) electrons. The van der Waals surface area contributed by atoms with Gasteiger partial charge in [-0.15, -0.1) is 0 Å². The number of piperidine rings is 1. The van der Waals surface area contributed by atoms with Crippen molar-refractivity contribution in [2.24, 2.45) is 13.0 Å². The third kappa shape index (κ3) is 3.00. The van der Waals surface area contributed by atoms with Crippen molar-refractivity contribution in [1.82, 2.24) is 29.8 Å². The lowest BCUT2D eigenvalue weighted by atomic mass is 9.86. The Morgan fingerprint density at radius 1 is 1.23 bits per heavy atom. The van der Waals surface area contributed by atoms with Gasteiger partial charge in [0.25, 0.3) is 5.91 Å². The van der Waals surface area contributed by atoms with E-state index in [1.54, 1.807) is 39.8 Å². The highest BCUT2D eigenvalue weighted by atomic mass is 16.2. The van der Waals surface area contributed by atoms with E-state index in [1.165, 1.54) is 12.8 Å². The van der Waals surface area contributed by atoms with Crippen LogP contribution in [0.2, 0.25) is 0 Å². The summed E-state index contributed by atoms with van der Waals surface area (Å²) in [5.41, 5.74) is -0.156. The smallest absolute Gasteiger partial charge is 0.272 e. The van der Waals surface area contributed by atoms with Crippen molar-refractivity contribution in [2.45, 2.75) is 31.2 Å². The number of aromatic nitrogens is 4. The first-order valence-corrected chi connectivity index (χ1v) is 9.16. The summed E-state index contributed by atoms with van der Waals surface area (Å²) < 4.78 is 3.35. The first-order chi connectivity index (χ1) is 12.6. The maximum atomic E-state index is 13.0. The van der Waals surface area contributed by atoms with Gasteiger partial charge in [-0.2, -0.15) is 10.2 Å². The zero-order valence-electron chi connectivity index (χ0n) is 15.0. The predicted octanol–water partition coefficient (Wildman–Crippen LogP) is 0.774. The maximum Gasteiger partial charge on any atom is 0.272 e. The van der Waals surface area contributed by atoms with Crippen LogP contribution in [-0.2, 0) is 17.4 Å². The van der Waals surface area contributed by atoms with Crippen LogP contribution in [0.25, 0.3) is 0 Å². The van der Waals surface area contributed by atoms with Crippen LogP contribution in [0.1, 0.15) is 36.2 Å². The number of amides is 2. The third-order valence-electron chi connectivity index (χ3n) is 5.53. The monoisotopic (exact) mass is 356 g/mol. The summed E-state index contributed by atoms with van der Waals surface area (Å²) in [6.45, 7) is 1.76. The van der Waals surface area contributed by atoms with Crippen molar-refractivity contribution in [3.63, 3.8) is 0 Å². The Balaban J connectivity index is 1.49. The van der Waals surface area contributed by atoms with Gasteiger partial charge < -0.3 is 10.2 Å². The van der Waals surface area contributed by atoms with Gasteiger partial charge in [-0.25, -0.2) is 0 Å². The fourth-order valence-corrected chi connectivity index (χ4v) is 3.63. The molecule has 0 atom stereocenters. The standard InChI is InChI=1S/C18H24N6O2/c1-22-15(5-9-20-22)16(25)23-11-6-18(7-12-23,24-10-2-8-21-24)17(26)19-13-14-3-4-14/h2,5,8-10,14H,3-4,6-7,11-13H2,1H3,(H,19,26). The molecule has 3 heterocycles. The number of likely N-dealkylation sites (tertiary alicyclic amines) is 1. The molecule has 2 aliphatic rings. The quantitative estimate of drug-likeness (QED) is 0.858. The molecule has 138 valence electrons. The highest BCUT2D eigenvalue weighted by molar-refractivity contribution is 5.93. The third-order valence-corrected chi connectivity index (χ3v) is 5.53. The van der Waals surface area contributed by atoms with Gasteiger partial charge in [0.1, 0.15) is 11.2 Å². The minimum atomic E-state index is -0.721. The number of hydrogen-bond donors (Lipinski definition) is 1. The van der Waals surface area contributed by atoms with Crippen LogP contribution in [0.3, 0.4) is 0 Å². The number of carbonyl (C=O) groups excluding carboxylic acids is 2. The normalized spacial score (nSPS) is 19.3. The molecule has 2 fully saturated rings. The van der Waals surface area contributed by atoms with E-state index in [4.69, 9.17) is 0 Å². The Morgan fingerprint density at radius 3 is 2.58 bits per heavy atom. The Labute approximate surface area is 152 Å². The zero-order chi connectivity index (χ0) is 18.1. The maximum absolute atomic E-state index is 13.0. The second-order valence-electron chi connectivity index (χ2n) is 7.27. The summed E-state index contributed by atoms with van der Waals surface area (Å²) in [6.07, 6.45) is 8.66. The molecule has 2 aromatic rings. The van der Waals surface area contributed by atoms with Crippen LogP contribution in [0.5, 0.6) is 0 Å². The molecule has 1 aliphatic heterocycles. The Morgan fingerprint density at radius 2 is 2.00 bits per heavy atom. The van der Waals surface area contributed by atoms with E-state index >= 15 is 0 Å². The number of aryl methyl sites for hydroxylation is 1. The largest absolute Gasteiger partial charge is 0.354 e. The van der Waals surface area contributed by atoms with Crippen LogP contribution < -0.4 is 5.32 Å². The van der Waals surface area contributed by atoms with Crippen LogP contribution in [0.15, 0.2) is 30.7 Å². The molecule has 1 saturated heterocycles. The number of hydrogen-bond acceptors (Lipinski definition) is 4. The molecular formula is C18H24N6O2. The van der Waals surface area contributed by atoms with Gasteiger partial charge in [0.2, 0.25) is 5.91 Å². The first kappa shape index (κ1) is 16.8. The summed E-state index contributed by atoms with van der Waals surface area (Å²) in [6, 6.07) is 3.56. The van der Waals surface area contributed by atoms with Gasteiger partial charge in [0, 0.05) is 45.3 Å². The zero-order valence-corrected chi connectivity index (χ0v) is 15.0. The van der Waals surface area contributed by atoms with Gasteiger partial charge in [-0.3, -0.25) is 19.0 Å². The lowest BCUT2D eigenvalue weighted by molar-refractivity contribution is -0.133. The molecule has 26 heavy (non-hydrogen) atoms. The molecule has 1 aliphatic carbocycles. The van der Waals surface area contributed by atoms with E-state index in [1.807, 2.05) is 12.3 Å². The van der Waals surface area contributed by atoms with Gasteiger partial charge in [-0.05, 0) is 43.7 Å². The van der Waals surface area contributed by atoms with Crippen molar-refractivity contribution in [3.8, 4) is 0 Å². The molecule has 1 saturated carbocycles. The average Bonchev–Trinajstić information content (AvgIpc) is 3.13. The fourth-order valence-electron chi connectivity index (χ4n) is 3.63. The van der Waals surface area contributed by atoms with Crippen LogP contribution >= 0.6 is 0 Å². The summed E-state index contributed by atoms with van der Waals surface area (Å²) in [5.74, 6) is 0.596. The lowest BCUT2D eigenvalue weighted by Crippen LogP contribution is -2.56. The molecule has 0 unspecified atom stereocenters. The van der Waals surface area contributed by atoms with Gasteiger partial charge >= 0.3 is 0 Å². The van der Waals surface area contributed by atoms with Crippen molar-refractivity contribution in [1.29, 1.82) is 0 Å². The summed E-state index contributed by atoms with van der Waals surface area (Å²) in [5, 5.41) is 11.5. The predicted molar refractivity (Wildman–Crippen MR) is 94.3 cm³/mol. The molecular weight excluding hydrogens is 332 g/mol. The highest BCUT2D eigenvalue weighted by Crippen LogP contribution is 2.32. The molecule has 4 rings (SSSR count). The van der Waals surface area contributed by atoms with Gasteiger partial charge in [0.15, 0.2) is 0 Å². The van der Waals surface area contributed by atoms with E-state index in [0.29, 0.717) is 37.5 Å². The molecule has 2 aromatic heterocycles. The molecule has 0 bridgehead atoms. The number of rotatable bonds is 5. The summed E-state index contributed by atoms with van der Waals surface area (Å²) >= 11 is 0. The minimum Gasteiger partial charge on any atom is -0.354 e. The molecule has 0 spiro atoms. The molecule has 1 N–H and O–H groups in total. The minimum absolute atomic E-state index is 0.0146. The van der Waals surface area contributed by atoms with Crippen molar-refractivity contribution in [3.05, 3.63) is 36.4 Å². The Kier molecular flexibility index (Phi) is 4.26. The summed E-state index contributed by atoms with van der Waals surface area (Å²) in [4.78, 5) is 27.5. The molecule has 8 heteroatoms. The molecule has 8 nitrogen and oxygen atoms in total. The van der Waals surface area contributed by atoms with E-state index in [2.05, 4.69) is 15.5 Å².